The van der Waals surface area contributed by atoms with Crippen LogP contribution < -0.4 is 9.64 Å². The van der Waals surface area contributed by atoms with Gasteiger partial charge in [-0.15, -0.1) is 11.3 Å². The van der Waals surface area contributed by atoms with Crippen LogP contribution in [0.2, 0.25) is 10.0 Å². The Balaban J connectivity index is 1.96. The summed E-state index contributed by atoms with van der Waals surface area (Å²) >= 11 is 13.7. The smallest absolute Gasteiger partial charge is 0.300 e. The number of Topliss-reactive ketones (excluding diaryl/α,β-unsaturated/α-hetero) is 1. The van der Waals surface area contributed by atoms with E-state index in [-0.39, 0.29) is 32.6 Å². The normalized spacial score (nSPS) is 17.7. The van der Waals surface area contributed by atoms with Gasteiger partial charge in [-0.3, -0.25) is 14.5 Å². The highest BCUT2D eigenvalue weighted by molar-refractivity contribution is 7.10. The molecule has 2 N–H and O–H groups in total. The van der Waals surface area contributed by atoms with Crippen LogP contribution in [0, 0.1) is 0 Å². The van der Waals surface area contributed by atoms with Crippen LogP contribution in [0.4, 0.5) is 5.69 Å². The number of phenols is 1. The predicted octanol–water partition coefficient (Wildman–Crippen LogP) is 5.79. The van der Waals surface area contributed by atoms with Crippen LogP contribution >= 0.6 is 34.5 Å². The maximum Gasteiger partial charge on any atom is 0.300 e. The molecule has 0 saturated carbocycles. The van der Waals surface area contributed by atoms with Crippen LogP contribution in [0.15, 0.2) is 59.5 Å². The summed E-state index contributed by atoms with van der Waals surface area (Å²) in [6.07, 6.45) is 0. The number of hydrogen-bond donors (Lipinski definition) is 2. The number of aromatic hydroxyl groups is 1. The van der Waals surface area contributed by atoms with Crippen molar-refractivity contribution in [2.45, 2.75) is 13.0 Å². The van der Waals surface area contributed by atoms with E-state index in [0.717, 1.165) is 4.90 Å². The Hall–Kier alpha value is -3.00. The molecule has 164 valence electrons. The first-order valence-electron chi connectivity index (χ1n) is 9.59. The molecule has 1 aliphatic heterocycles. The third kappa shape index (κ3) is 3.83. The maximum atomic E-state index is 13.1. The number of hydrogen-bond acceptors (Lipinski definition) is 6. The third-order valence-corrected chi connectivity index (χ3v) is 6.45. The predicted molar refractivity (Wildman–Crippen MR) is 125 cm³/mol. The molecule has 0 spiro atoms. The number of benzene rings is 2. The minimum atomic E-state index is -0.980. The molecule has 9 heteroatoms. The highest BCUT2D eigenvalue weighted by Gasteiger charge is 2.48. The first-order chi connectivity index (χ1) is 15.3. The number of phenolic OH excluding ortho intramolecular Hbond substituents is 1. The molecule has 1 unspecified atom stereocenters. The first kappa shape index (κ1) is 22.2. The fourth-order valence-corrected chi connectivity index (χ4v) is 4.77. The SMILES string of the molecule is CCOc1ccc(Cl)c(/C(O)=C2/C(=O)C(=O)N(c3cc(Cl)ccc3O)C2c2cccs2)c1. The summed E-state index contributed by atoms with van der Waals surface area (Å²) in [4.78, 5) is 28.0. The number of carbonyl (C=O) groups is 2. The van der Waals surface area contributed by atoms with E-state index in [1.165, 1.54) is 35.6 Å². The molecule has 3 aromatic rings. The minimum absolute atomic E-state index is 0.0613. The first-order valence-corrected chi connectivity index (χ1v) is 11.2. The molecule has 32 heavy (non-hydrogen) atoms. The van der Waals surface area contributed by atoms with E-state index in [1.807, 2.05) is 6.92 Å². The molecule has 1 saturated heterocycles. The highest BCUT2D eigenvalue weighted by atomic mass is 35.5. The van der Waals surface area contributed by atoms with Gasteiger partial charge >= 0.3 is 0 Å². The molecule has 0 bridgehead atoms. The van der Waals surface area contributed by atoms with Gasteiger partial charge in [0.05, 0.1) is 22.9 Å². The molecule has 1 fully saturated rings. The van der Waals surface area contributed by atoms with Crippen LogP contribution in [0.5, 0.6) is 11.5 Å². The Morgan fingerprint density at radius 3 is 2.62 bits per heavy atom. The number of nitrogens with zero attached hydrogens (tertiary/aromatic N) is 1. The van der Waals surface area contributed by atoms with Crippen molar-refractivity contribution in [3.05, 3.63) is 80.0 Å². The standard InChI is InChI=1S/C23H17Cl2NO5S/c1-2-31-13-6-7-15(25)14(11-13)21(28)19-20(18-4-3-9-32-18)26(23(30)22(19)29)16-10-12(24)5-8-17(16)27/h3-11,20,27-28H,2H2,1H3/b21-19-. The summed E-state index contributed by atoms with van der Waals surface area (Å²) in [7, 11) is 0. The van der Waals surface area contributed by atoms with Gasteiger partial charge in [0.2, 0.25) is 0 Å². The molecular formula is C23H17Cl2NO5S. The lowest BCUT2D eigenvalue weighted by atomic mass is 9.99. The van der Waals surface area contributed by atoms with E-state index < -0.39 is 23.5 Å². The van der Waals surface area contributed by atoms with Gasteiger partial charge in [-0.1, -0.05) is 29.3 Å². The van der Waals surface area contributed by atoms with Gasteiger partial charge < -0.3 is 14.9 Å². The molecular weight excluding hydrogens is 473 g/mol. The Labute approximate surface area is 197 Å². The molecule has 1 aromatic heterocycles. The second-order valence-electron chi connectivity index (χ2n) is 6.89. The Bertz CT molecular complexity index is 1240. The van der Waals surface area contributed by atoms with Crippen molar-refractivity contribution in [1.82, 2.24) is 0 Å². The van der Waals surface area contributed by atoms with E-state index in [9.17, 15) is 19.8 Å². The number of amides is 1. The minimum Gasteiger partial charge on any atom is -0.507 e. The quantitative estimate of drug-likeness (QED) is 0.269. The zero-order valence-corrected chi connectivity index (χ0v) is 19.0. The monoisotopic (exact) mass is 489 g/mol. The number of aliphatic hydroxyl groups excluding tert-OH is 1. The molecule has 1 atom stereocenters. The number of anilines is 1. The number of ketones is 1. The van der Waals surface area contributed by atoms with E-state index in [1.54, 1.807) is 29.6 Å². The molecule has 0 aliphatic carbocycles. The summed E-state index contributed by atoms with van der Waals surface area (Å²) in [6.45, 7) is 2.21. The average molecular weight is 490 g/mol. The van der Waals surface area contributed by atoms with Crippen molar-refractivity contribution in [3.63, 3.8) is 0 Å². The van der Waals surface area contributed by atoms with Crippen LogP contribution in [0.3, 0.4) is 0 Å². The summed E-state index contributed by atoms with van der Waals surface area (Å²) < 4.78 is 5.48. The van der Waals surface area contributed by atoms with Crippen molar-refractivity contribution in [3.8, 4) is 11.5 Å². The number of carbonyl (C=O) groups excluding carboxylic acids is 2. The van der Waals surface area contributed by atoms with Crippen molar-refractivity contribution in [2.24, 2.45) is 0 Å². The Morgan fingerprint density at radius 2 is 1.94 bits per heavy atom. The summed E-state index contributed by atoms with van der Waals surface area (Å²) in [5.74, 6) is -2.02. The molecule has 2 heterocycles. The second-order valence-corrected chi connectivity index (χ2v) is 8.72. The van der Waals surface area contributed by atoms with Crippen molar-refractivity contribution < 1.29 is 24.5 Å². The lowest BCUT2D eigenvalue weighted by Gasteiger charge is -2.25. The van der Waals surface area contributed by atoms with E-state index in [0.29, 0.717) is 17.2 Å². The van der Waals surface area contributed by atoms with Gasteiger partial charge in [0.15, 0.2) is 0 Å². The summed E-state index contributed by atoms with van der Waals surface area (Å²) in [5, 5.41) is 23.9. The fraction of sp³-hybridized carbons (Fsp3) is 0.130. The lowest BCUT2D eigenvalue weighted by molar-refractivity contribution is -0.132. The van der Waals surface area contributed by atoms with Gasteiger partial charge in [-0.05, 0) is 54.8 Å². The van der Waals surface area contributed by atoms with Crippen molar-refractivity contribution in [1.29, 1.82) is 0 Å². The topological polar surface area (TPSA) is 87.1 Å². The average Bonchev–Trinajstić information content (AvgIpc) is 3.38. The van der Waals surface area contributed by atoms with E-state index >= 15 is 0 Å². The van der Waals surface area contributed by atoms with E-state index in [2.05, 4.69) is 0 Å². The molecule has 1 aliphatic rings. The van der Waals surface area contributed by atoms with Crippen molar-refractivity contribution >= 4 is 57.7 Å². The van der Waals surface area contributed by atoms with Gasteiger partial charge in [0.1, 0.15) is 23.3 Å². The van der Waals surface area contributed by atoms with Crippen LogP contribution in [0.1, 0.15) is 23.4 Å². The number of halogens is 2. The van der Waals surface area contributed by atoms with Crippen LogP contribution in [0.25, 0.3) is 5.76 Å². The Morgan fingerprint density at radius 1 is 1.16 bits per heavy atom. The summed E-state index contributed by atoms with van der Waals surface area (Å²) in [5.41, 5.74) is 0.0751. The number of ether oxygens (including phenoxy) is 1. The van der Waals surface area contributed by atoms with E-state index in [4.69, 9.17) is 27.9 Å². The molecule has 6 nitrogen and oxygen atoms in total. The lowest BCUT2D eigenvalue weighted by Crippen LogP contribution is -2.29. The third-order valence-electron chi connectivity index (χ3n) is 4.96. The number of aliphatic hydroxyl groups is 1. The van der Waals surface area contributed by atoms with Crippen LogP contribution in [-0.2, 0) is 9.59 Å². The van der Waals surface area contributed by atoms with Gasteiger partial charge in [0.25, 0.3) is 11.7 Å². The summed E-state index contributed by atoms with van der Waals surface area (Å²) in [6, 6.07) is 11.4. The molecule has 4 rings (SSSR count). The second kappa shape index (κ2) is 8.86. The van der Waals surface area contributed by atoms with Gasteiger partial charge in [-0.2, -0.15) is 0 Å². The van der Waals surface area contributed by atoms with Crippen molar-refractivity contribution in [2.75, 3.05) is 11.5 Å². The zero-order chi connectivity index (χ0) is 23.0. The highest BCUT2D eigenvalue weighted by Crippen LogP contribution is 2.47. The molecule has 0 radical (unpaired) electrons. The van der Waals surface area contributed by atoms with Gasteiger partial charge in [0, 0.05) is 15.5 Å². The zero-order valence-electron chi connectivity index (χ0n) is 16.7. The maximum absolute atomic E-state index is 13.1. The fourth-order valence-electron chi connectivity index (χ4n) is 3.57. The molecule has 1 amide bonds. The number of rotatable bonds is 5. The van der Waals surface area contributed by atoms with Gasteiger partial charge in [-0.25, -0.2) is 0 Å². The largest absolute Gasteiger partial charge is 0.507 e. The molecule has 2 aromatic carbocycles. The van der Waals surface area contributed by atoms with Crippen LogP contribution in [-0.4, -0.2) is 28.5 Å². The number of thiophene rings is 1. The Kier molecular flexibility index (Phi) is 6.15.